The van der Waals surface area contributed by atoms with Crippen LogP contribution in [0, 0.1) is 58.2 Å². The van der Waals surface area contributed by atoms with E-state index in [2.05, 4.69) is 75.3 Å². The highest BCUT2D eigenvalue weighted by molar-refractivity contribution is 5.85. The van der Waals surface area contributed by atoms with E-state index in [-0.39, 0.29) is 71.9 Å². The average Bonchev–Trinajstić information content (AvgIpc) is 4.15. The Hall–Kier alpha value is -6.74. The van der Waals surface area contributed by atoms with Crippen LogP contribution in [0.5, 0.6) is 0 Å². The van der Waals surface area contributed by atoms with Crippen LogP contribution < -0.4 is 10.6 Å². The SMILES string of the molecule is CC(C)C[C@H](CC(=O)OCC1c2ccccc2-c2ccccc21)C(=O)N[C@H](C#N)C[C@@H]1CCCCC1=O.CC(C)C[C@H](CCc1ncco1)C(=O)N[C@H](C#N)C[C@@H]1CCCCC1=O.O=Cc1ncco1. The van der Waals surface area contributed by atoms with Gasteiger partial charge < -0.3 is 24.2 Å². The first-order valence-corrected chi connectivity index (χ1v) is 24.8. The minimum Gasteiger partial charge on any atom is -0.465 e. The van der Waals surface area contributed by atoms with Gasteiger partial charge in [-0.2, -0.15) is 10.5 Å². The Morgan fingerprint density at radius 2 is 1.26 bits per heavy atom. The molecule has 15 nitrogen and oxygen atoms in total. The fourth-order valence-corrected chi connectivity index (χ4v) is 9.66. The van der Waals surface area contributed by atoms with Gasteiger partial charge in [-0.05, 0) is 91.9 Å². The Labute approximate surface area is 411 Å². The number of carbonyl (C=O) groups excluding carboxylic acids is 6. The Balaban J connectivity index is 0.000000239. The van der Waals surface area contributed by atoms with Gasteiger partial charge in [0.2, 0.25) is 18.1 Å². The monoisotopic (exact) mass is 957 g/mol. The van der Waals surface area contributed by atoms with E-state index < -0.39 is 24.0 Å². The number of hydrogen-bond acceptors (Lipinski definition) is 13. The van der Waals surface area contributed by atoms with Gasteiger partial charge in [-0.1, -0.05) is 89.1 Å². The largest absolute Gasteiger partial charge is 0.465 e. The van der Waals surface area contributed by atoms with Gasteiger partial charge in [0.1, 0.15) is 42.8 Å². The van der Waals surface area contributed by atoms with E-state index in [1.165, 1.54) is 18.7 Å². The van der Waals surface area contributed by atoms with Crippen LogP contribution >= 0.6 is 0 Å². The van der Waals surface area contributed by atoms with Gasteiger partial charge in [-0.15, -0.1) is 0 Å². The van der Waals surface area contributed by atoms with Crippen molar-refractivity contribution in [2.24, 2.45) is 35.5 Å². The van der Waals surface area contributed by atoms with Crippen LogP contribution in [-0.4, -0.2) is 64.3 Å². The summed E-state index contributed by atoms with van der Waals surface area (Å²) in [5.41, 5.74) is 4.61. The first-order chi connectivity index (χ1) is 33.8. The molecule has 0 saturated heterocycles. The number of fused-ring (bicyclic) bond motifs is 3. The number of amides is 2. The Bertz CT molecular complexity index is 2350. The van der Waals surface area contributed by atoms with Crippen molar-refractivity contribution in [3.8, 4) is 23.3 Å². The van der Waals surface area contributed by atoms with Gasteiger partial charge in [-0.3, -0.25) is 28.8 Å². The fourth-order valence-electron chi connectivity index (χ4n) is 9.66. The molecule has 2 heterocycles. The molecule has 6 atom stereocenters. The van der Waals surface area contributed by atoms with Crippen molar-refractivity contribution in [3.63, 3.8) is 0 Å². The van der Waals surface area contributed by atoms with Gasteiger partial charge in [-0.25, -0.2) is 9.97 Å². The molecular weight excluding hydrogens is 889 g/mol. The van der Waals surface area contributed by atoms with E-state index in [0.717, 1.165) is 67.2 Å². The summed E-state index contributed by atoms with van der Waals surface area (Å²) in [6, 6.07) is 19.3. The topological polar surface area (TPSA) is 235 Å². The summed E-state index contributed by atoms with van der Waals surface area (Å²) in [5.74, 6) is -0.223. The third kappa shape index (κ3) is 16.7. The maximum atomic E-state index is 13.1. The average molecular weight is 957 g/mol. The summed E-state index contributed by atoms with van der Waals surface area (Å²) in [5, 5.41) is 24.7. The molecule has 2 N–H and O–H groups in total. The number of ketones is 2. The molecule has 2 saturated carbocycles. The summed E-state index contributed by atoms with van der Waals surface area (Å²) in [7, 11) is 0. The molecular formula is C55H68N6O9. The zero-order valence-electron chi connectivity index (χ0n) is 41.0. The van der Waals surface area contributed by atoms with Gasteiger partial charge in [0.15, 0.2) is 5.89 Å². The van der Waals surface area contributed by atoms with Crippen LogP contribution in [0.3, 0.4) is 0 Å². The third-order valence-electron chi connectivity index (χ3n) is 13.1. The molecule has 2 aromatic heterocycles. The minimum atomic E-state index is -0.739. The first-order valence-electron chi connectivity index (χ1n) is 24.8. The molecule has 3 aliphatic rings. The quantitative estimate of drug-likeness (QED) is 0.0621. The van der Waals surface area contributed by atoms with E-state index in [1.807, 2.05) is 38.1 Å². The third-order valence-corrected chi connectivity index (χ3v) is 13.1. The van der Waals surface area contributed by atoms with Gasteiger partial charge in [0, 0.05) is 48.9 Å². The minimum absolute atomic E-state index is 0.0373. The summed E-state index contributed by atoms with van der Waals surface area (Å²) in [6.45, 7) is 8.37. The molecule has 0 unspecified atom stereocenters. The van der Waals surface area contributed by atoms with Crippen molar-refractivity contribution in [2.75, 3.05) is 6.61 Å². The normalized spacial score (nSPS) is 17.9. The van der Waals surface area contributed by atoms with Crippen molar-refractivity contribution in [3.05, 3.63) is 96.4 Å². The Morgan fingerprint density at radius 3 is 1.71 bits per heavy atom. The molecule has 4 aromatic rings. The summed E-state index contributed by atoms with van der Waals surface area (Å²) in [6.07, 6.45) is 16.2. The number of ether oxygens (including phenoxy) is 1. The van der Waals surface area contributed by atoms with Crippen molar-refractivity contribution in [1.82, 2.24) is 20.6 Å². The predicted molar refractivity (Wildman–Crippen MR) is 260 cm³/mol. The molecule has 2 aromatic carbocycles. The molecule has 2 amide bonds. The highest BCUT2D eigenvalue weighted by atomic mass is 16.5. The molecule has 15 heteroatoms. The van der Waals surface area contributed by atoms with Crippen LogP contribution in [0.15, 0.2) is 82.3 Å². The summed E-state index contributed by atoms with van der Waals surface area (Å²) < 4.78 is 15.5. The lowest BCUT2D eigenvalue weighted by Crippen LogP contribution is -2.41. The number of rotatable bonds is 20. The number of benzene rings is 2. The smallest absolute Gasteiger partial charge is 0.306 e. The summed E-state index contributed by atoms with van der Waals surface area (Å²) in [4.78, 5) is 80.3. The van der Waals surface area contributed by atoms with Crippen LogP contribution in [0.4, 0.5) is 0 Å². The molecule has 0 radical (unpaired) electrons. The Morgan fingerprint density at radius 1 is 0.743 bits per heavy atom. The highest BCUT2D eigenvalue weighted by Crippen LogP contribution is 2.44. The molecule has 0 aliphatic heterocycles. The number of esters is 1. The second-order valence-corrected chi connectivity index (χ2v) is 19.4. The fraction of sp³-hybridized carbons (Fsp3) is 0.527. The van der Waals surface area contributed by atoms with Gasteiger partial charge in [0.25, 0.3) is 5.89 Å². The highest BCUT2D eigenvalue weighted by Gasteiger charge is 2.33. The standard InChI is InChI=1S/C31H36N2O4.C20H29N3O3.C4H3NO2/c1-20(2)15-22(31(36)33-23(18-32)16-21-9-3-8-14-29(21)34)17-30(35)37-19-28-26-12-6-4-10-24(26)25-11-5-7-13-27(25)28;1-14(2)11-16(7-8-19-22-9-10-26-19)20(25)23-17(13-21)12-15-5-3-4-6-18(15)24;6-3-4-5-1-2-7-4/h4-7,10-13,20-23,28H,3,8-9,14-17,19H2,1-2H3,(H,33,36);9-10,14-17H,3-8,11-12H2,1-2H3,(H,23,25);1-3H/t21-,22+,23-;15-,16-,17-;/m00./s1. The molecule has 0 spiro atoms. The number of nitrogens with one attached hydrogen (secondary N) is 2. The van der Waals surface area contributed by atoms with E-state index in [4.69, 9.17) is 9.15 Å². The molecule has 0 bridgehead atoms. The van der Waals surface area contributed by atoms with Crippen LogP contribution in [-0.2, 0) is 35.1 Å². The predicted octanol–water partition coefficient (Wildman–Crippen LogP) is 9.47. The molecule has 70 heavy (non-hydrogen) atoms. The lowest BCUT2D eigenvalue weighted by molar-refractivity contribution is -0.147. The van der Waals surface area contributed by atoms with E-state index >= 15 is 0 Å². The maximum Gasteiger partial charge on any atom is 0.306 e. The zero-order valence-corrected chi connectivity index (χ0v) is 41.0. The van der Waals surface area contributed by atoms with Crippen molar-refractivity contribution >= 4 is 35.6 Å². The molecule has 372 valence electrons. The van der Waals surface area contributed by atoms with Gasteiger partial charge in [0.05, 0.1) is 31.0 Å². The van der Waals surface area contributed by atoms with Crippen molar-refractivity contribution in [2.45, 2.75) is 142 Å². The van der Waals surface area contributed by atoms with E-state index in [0.29, 0.717) is 63.0 Å². The van der Waals surface area contributed by atoms with E-state index in [1.54, 1.807) is 6.20 Å². The van der Waals surface area contributed by atoms with Gasteiger partial charge >= 0.3 is 5.97 Å². The lowest BCUT2D eigenvalue weighted by atomic mass is 9.83. The first kappa shape index (κ1) is 54.2. The molecule has 3 aliphatic carbocycles. The number of aromatic nitrogens is 2. The number of aryl methyl sites for hydroxylation is 1. The number of oxazole rings is 2. The number of hydrogen-bond donors (Lipinski definition) is 2. The van der Waals surface area contributed by atoms with E-state index in [9.17, 15) is 39.3 Å². The zero-order chi connectivity index (χ0) is 50.4. The number of nitrogens with zero attached hydrogens (tertiary/aromatic N) is 4. The van der Waals surface area contributed by atoms with Crippen LogP contribution in [0.2, 0.25) is 0 Å². The molecule has 7 rings (SSSR count). The van der Waals surface area contributed by atoms with Crippen molar-refractivity contribution < 1.29 is 42.3 Å². The van der Waals surface area contributed by atoms with Crippen molar-refractivity contribution in [1.29, 1.82) is 10.5 Å². The second-order valence-electron chi connectivity index (χ2n) is 19.4. The van der Waals surface area contributed by atoms with Crippen LogP contribution in [0.1, 0.15) is 151 Å². The number of nitriles is 2. The Kier molecular flexibility index (Phi) is 21.7. The number of aldehydes is 1. The number of Topliss-reactive ketones (excluding diaryl/α,β-unsaturated/α-hetero) is 2. The maximum absolute atomic E-state index is 13.1. The second kappa shape index (κ2) is 28.1. The van der Waals surface area contributed by atoms with Crippen LogP contribution in [0.25, 0.3) is 11.1 Å². The lowest BCUT2D eigenvalue weighted by Gasteiger charge is -2.25. The molecule has 2 fully saturated rings. The summed E-state index contributed by atoms with van der Waals surface area (Å²) >= 11 is 0. The number of carbonyl (C=O) groups is 6.